The van der Waals surface area contributed by atoms with Crippen LogP contribution in [0.25, 0.3) is 0 Å². The summed E-state index contributed by atoms with van der Waals surface area (Å²) >= 11 is 0. The van der Waals surface area contributed by atoms with Gasteiger partial charge < -0.3 is 14.8 Å². The number of methoxy groups -OCH3 is 2. The number of esters is 1. The molecular formula is C14H20N2O4. The number of carbonyl (C=O) groups excluding carboxylic acids is 2. The summed E-state index contributed by atoms with van der Waals surface area (Å²) in [7, 11) is 2.88. The normalized spacial score (nSPS) is 11.7. The highest BCUT2D eigenvalue weighted by Gasteiger charge is 2.21. The lowest BCUT2D eigenvalue weighted by atomic mass is 10.1. The van der Waals surface area contributed by atoms with E-state index in [1.54, 1.807) is 19.2 Å². The number of hydrogen-bond donors (Lipinski definition) is 2. The maximum Gasteiger partial charge on any atom is 0.327 e. The summed E-state index contributed by atoms with van der Waals surface area (Å²) in [5.74, 6) is -0.632. The number of benzene rings is 1. The quantitative estimate of drug-likeness (QED) is 0.527. The molecule has 0 fully saturated rings. The minimum absolute atomic E-state index is 0.0262. The molecule has 0 heterocycles. The number of hydrogen-bond acceptors (Lipinski definition) is 5. The Balaban J connectivity index is 2.54. The standard InChI is InChI=1S/C14H20N2O4/c1-19-9-8-15-12(17)10-16-13(14(18)20-2)11-6-4-3-5-7-11/h3-7,13,16H,8-10H2,1-2H3,(H,15,17). The van der Waals surface area contributed by atoms with Gasteiger partial charge in [-0.1, -0.05) is 30.3 Å². The molecule has 0 aliphatic rings. The van der Waals surface area contributed by atoms with Gasteiger partial charge in [0.15, 0.2) is 0 Å². The van der Waals surface area contributed by atoms with E-state index in [1.807, 2.05) is 18.2 Å². The average molecular weight is 280 g/mol. The van der Waals surface area contributed by atoms with E-state index in [0.29, 0.717) is 13.2 Å². The molecule has 20 heavy (non-hydrogen) atoms. The molecule has 0 aliphatic carbocycles. The number of ether oxygens (including phenoxy) is 2. The van der Waals surface area contributed by atoms with Crippen LogP contribution in [-0.4, -0.2) is 45.8 Å². The molecule has 0 saturated carbocycles. The Hall–Kier alpha value is -1.92. The fourth-order valence-electron chi connectivity index (χ4n) is 1.65. The van der Waals surface area contributed by atoms with E-state index in [4.69, 9.17) is 9.47 Å². The van der Waals surface area contributed by atoms with E-state index in [2.05, 4.69) is 10.6 Å². The molecule has 2 N–H and O–H groups in total. The van der Waals surface area contributed by atoms with Crippen molar-refractivity contribution in [2.75, 3.05) is 33.9 Å². The largest absolute Gasteiger partial charge is 0.468 e. The molecule has 0 radical (unpaired) electrons. The summed E-state index contributed by atoms with van der Waals surface area (Å²) in [6, 6.07) is 8.45. The first-order valence-corrected chi connectivity index (χ1v) is 6.30. The highest BCUT2D eigenvalue weighted by molar-refractivity contribution is 5.81. The molecule has 0 aromatic heterocycles. The molecular weight excluding hydrogens is 260 g/mol. The summed E-state index contributed by atoms with van der Waals surface area (Å²) < 4.78 is 9.58. The van der Waals surface area contributed by atoms with Gasteiger partial charge in [0.2, 0.25) is 5.91 Å². The van der Waals surface area contributed by atoms with Crippen molar-refractivity contribution < 1.29 is 19.1 Å². The summed E-state index contributed by atoms with van der Waals surface area (Å²) in [6.07, 6.45) is 0. The lowest BCUT2D eigenvalue weighted by molar-refractivity contribution is -0.143. The molecule has 0 saturated heterocycles. The van der Waals surface area contributed by atoms with E-state index in [9.17, 15) is 9.59 Å². The van der Waals surface area contributed by atoms with Gasteiger partial charge in [0.05, 0.1) is 20.3 Å². The van der Waals surface area contributed by atoms with Gasteiger partial charge in [-0.2, -0.15) is 0 Å². The van der Waals surface area contributed by atoms with E-state index < -0.39 is 12.0 Å². The van der Waals surface area contributed by atoms with Crippen LogP contribution in [0.1, 0.15) is 11.6 Å². The predicted octanol–water partition coefficient (Wildman–Crippen LogP) is 0.253. The monoisotopic (exact) mass is 280 g/mol. The van der Waals surface area contributed by atoms with Crippen LogP contribution in [0, 0.1) is 0 Å². The van der Waals surface area contributed by atoms with Crippen LogP contribution in [0.5, 0.6) is 0 Å². The summed E-state index contributed by atoms with van der Waals surface area (Å²) in [5, 5.41) is 5.55. The number of amides is 1. The summed E-state index contributed by atoms with van der Waals surface area (Å²) in [5.41, 5.74) is 0.754. The third-order valence-electron chi connectivity index (χ3n) is 2.66. The second-order valence-corrected chi connectivity index (χ2v) is 4.09. The minimum atomic E-state index is -0.658. The highest BCUT2D eigenvalue weighted by atomic mass is 16.5. The van der Waals surface area contributed by atoms with Gasteiger partial charge in [-0.3, -0.25) is 10.1 Å². The van der Waals surface area contributed by atoms with Crippen molar-refractivity contribution in [1.29, 1.82) is 0 Å². The van der Waals surface area contributed by atoms with Crippen molar-refractivity contribution >= 4 is 11.9 Å². The maximum absolute atomic E-state index is 11.7. The van der Waals surface area contributed by atoms with Gasteiger partial charge in [0.25, 0.3) is 0 Å². The van der Waals surface area contributed by atoms with Crippen LogP contribution in [0.3, 0.4) is 0 Å². The molecule has 6 heteroatoms. The van der Waals surface area contributed by atoms with Crippen LogP contribution in [0.2, 0.25) is 0 Å². The Bertz CT molecular complexity index is 422. The van der Waals surface area contributed by atoms with Crippen LogP contribution < -0.4 is 10.6 Å². The Labute approximate surface area is 118 Å². The first kappa shape index (κ1) is 16.1. The zero-order chi connectivity index (χ0) is 14.8. The molecule has 0 aliphatic heterocycles. The Morgan fingerprint density at radius 1 is 1.20 bits per heavy atom. The van der Waals surface area contributed by atoms with Gasteiger partial charge in [0.1, 0.15) is 6.04 Å². The topological polar surface area (TPSA) is 76.7 Å². The van der Waals surface area contributed by atoms with E-state index in [-0.39, 0.29) is 12.5 Å². The zero-order valence-electron chi connectivity index (χ0n) is 11.7. The lowest BCUT2D eigenvalue weighted by Gasteiger charge is -2.16. The fourth-order valence-corrected chi connectivity index (χ4v) is 1.65. The molecule has 1 amide bonds. The minimum Gasteiger partial charge on any atom is -0.468 e. The van der Waals surface area contributed by atoms with Gasteiger partial charge in [-0.15, -0.1) is 0 Å². The van der Waals surface area contributed by atoms with Crippen molar-refractivity contribution in [3.05, 3.63) is 35.9 Å². The number of rotatable bonds is 8. The van der Waals surface area contributed by atoms with Crippen molar-refractivity contribution in [3.63, 3.8) is 0 Å². The van der Waals surface area contributed by atoms with Crippen LogP contribution in [-0.2, 0) is 19.1 Å². The average Bonchev–Trinajstić information content (AvgIpc) is 2.48. The van der Waals surface area contributed by atoms with E-state index in [1.165, 1.54) is 7.11 Å². The Morgan fingerprint density at radius 2 is 1.90 bits per heavy atom. The zero-order valence-corrected chi connectivity index (χ0v) is 11.7. The number of carbonyl (C=O) groups is 2. The fraction of sp³-hybridized carbons (Fsp3) is 0.429. The Morgan fingerprint density at radius 3 is 2.50 bits per heavy atom. The van der Waals surface area contributed by atoms with E-state index >= 15 is 0 Å². The molecule has 1 atom stereocenters. The molecule has 1 unspecified atom stereocenters. The molecule has 1 aromatic carbocycles. The van der Waals surface area contributed by atoms with Gasteiger partial charge in [-0.05, 0) is 5.56 Å². The SMILES string of the molecule is COCCNC(=O)CNC(C(=O)OC)c1ccccc1. The molecule has 1 aromatic rings. The first-order valence-electron chi connectivity index (χ1n) is 6.30. The van der Waals surface area contributed by atoms with Crippen molar-refractivity contribution in [1.82, 2.24) is 10.6 Å². The predicted molar refractivity (Wildman–Crippen MR) is 74.1 cm³/mol. The van der Waals surface area contributed by atoms with Crippen molar-refractivity contribution in [2.45, 2.75) is 6.04 Å². The molecule has 1 rings (SSSR count). The highest BCUT2D eigenvalue weighted by Crippen LogP contribution is 2.13. The van der Waals surface area contributed by atoms with Gasteiger partial charge >= 0.3 is 5.97 Å². The molecule has 0 bridgehead atoms. The van der Waals surface area contributed by atoms with Crippen molar-refractivity contribution in [3.8, 4) is 0 Å². The maximum atomic E-state index is 11.7. The second-order valence-electron chi connectivity index (χ2n) is 4.09. The van der Waals surface area contributed by atoms with Crippen LogP contribution in [0.15, 0.2) is 30.3 Å². The van der Waals surface area contributed by atoms with Crippen LogP contribution >= 0.6 is 0 Å². The third kappa shape index (κ3) is 5.38. The van der Waals surface area contributed by atoms with Gasteiger partial charge in [0, 0.05) is 13.7 Å². The first-order chi connectivity index (χ1) is 9.69. The number of nitrogens with one attached hydrogen (secondary N) is 2. The summed E-state index contributed by atoms with van der Waals surface area (Å²) in [6.45, 7) is 0.911. The van der Waals surface area contributed by atoms with Crippen LogP contribution in [0.4, 0.5) is 0 Å². The molecule has 0 spiro atoms. The summed E-state index contributed by atoms with van der Waals surface area (Å²) in [4.78, 5) is 23.3. The third-order valence-corrected chi connectivity index (χ3v) is 2.66. The van der Waals surface area contributed by atoms with Crippen molar-refractivity contribution in [2.24, 2.45) is 0 Å². The van der Waals surface area contributed by atoms with E-state index in [0.717, 1.165) is 5.56 Å². The molecule has 110 valence electrons. The smallest absolute Gasteiger partial charge is 0.327 e. The van der Waals surface area contributed by atoms with Gasteiger partial charge in [-0.25, -0.2) is 4.79 Å². The lowest BCUT2D eigenvalue weighted by Crippen LogP contribution is -2.39. The molecule has 6 nitrogen and oxygen atoms in total. The Kier molecular flexibility index (Phi) is 7.31. The second kappa shape index (κ2) is 9.06.